The molecular weight excluding hydrogens is 210 g/mol. The summed E-state index contributed by atoms with van der Waals surface area (Å²) >= 11 is 0. The summed E-state index contributed by atoms with van der Waals surface area (Å²) in [4.78, 5) is 0. The summed E-state index contributed by atoms with van der Waals surface area (Å²) < 4.78 is 5.77. The minimum absolute atomic E-state index is 0.136. The fourth-order valence-electron chi connectivity index (χ4n) is 1.86. The van der Waals surface area contributed by atoms with Crippen molar-refractivity contribution in [1.82, 2.24) is 0 Å². The fourth-order valence-corrected chi connectivity index (χ4v) is 1.86. The lowest BCUT2D eigenvalue weighted by molar-refractivity contribution is 0.503. The lowest BCUT2D eigenvalue weighted by Crippen LogP contribution is -2.17. The summed E-state index contributed by atoms with van der Waals surface area (Å²) in [5.74, 6) is 1.87. The van der Waals surface area contributed by atoms with E-state index in [4.69, 9.17) is 10.2 Å². The van der Waals surface area contributed by atoms with Gasteiger partial charge in [0.15, 0.2) is 0 Å². The van der Waals surface area contributed by atoms with Gasteiger partial charge in [-0.15, -0.1) is 0 Å². The minimum Gasteiger partial charge on any atom is -0.461 e. The molecule has 1 aromatic heterocycles. The van der Waals surface area contributed by atoms with Crippen LogP contribution < -0.4 is 5.73 Å². The summed E-state index contributed by atoms with van der Waals surface area (Å²) in [6.45, 7) is 4.14. The van der Waals surface area contributed by atoms with Crippen molar-refractivity contribution in [2.45, 2.75) is 32.7 Å². The highest BCUT2D eigenvalue weighted by molar-refractivity contribution is 5.57. The highest BCUT2D eigenvalue weighted by atomic mass is 16.3. The van der Waals surface area contributed by atoms with Crippen molar-refractivity contribution in [2.24, 2.45) is 5.73 Å². The molecule has 0 amide bonds. The molecule has 17 heavy (non-hydrogen) atoms. The zero-order valence-corrected chi connectivity index (χ0v) is 10.4. The van der Waals surface area contributed by atoms with E-state index in [2.05, 4.69) is 31.2 Å². The van der Waals surface area contributed by atoms with Crippen LogP contribution in [-0.2, 0) is 12.8 Å². The predicted octanol–water partition coefficient (Wildman–Crippen LogP) is 3.40. The van der Waals surface area contributed by atoms with Crippen LogP contribution in [0.4, 0.5) is 0 Å². The zero-order valence-electron chi connectivity index (χ0n) is 10.4. The molecule has 0 bridgehead atoms. The van der Waals surface area contributed by atoms with E-state index in [9.17, 15) is 0 Å². The van der Waals surface area contributed by atoms with E-state index in [-0.39, 0.29) is 6.04 Å². The maximum atomic E-state index is 5.77. The van der Waals surface area contributed by atoms with Crippen molar-refractivity contribution in [2.75, 3.05) is 0 Å². The Morgan fingerprint density at radius 1 is 1.12 bits per heavy atom. The number of aryl methyl sites for hydroxylation is 1. The van der Waals surface area contributed by atoms with Crippen LogP contribution in [-0.4, -0.2) is 6.04 Å². The van der Waals surface area contributed by atoms with Crippen LogP contribution in [0.3, 0.4) is 0 Å². The first kappa shape index (κ1) is 11.9. The normalized spacial score (nSPS) is 12.6. The Bertz CT molecular complexity index is 468. The van der Waals surface area contributed by atoms with Crippen LogP contribution in [0.1, 0.15) is 25.2 Å². The lowest BCUT2D eigenvalue weighted by atomic mass is 10.1. The average molecular weight is 229 g/mol. The van der Waals surface area contributed by atoms with Gasteiger partial charge in [0, 0.05) is 18.0 Å². The Hall–Kier alpha value is -1.54. The van der Waals surface area contributed by atoms with Gasteiger partial charge < -0.3 is 10.2 Å². The van der Waals surface area contributed by atoms with Gasteiger partial charge in [0.1, 0.15) is 11.5 Å². The Labute approximate surface area is 102 Å². The maximum Gasteiger partial charge on any atom is 0.134 e. The molecule has 2 nitrogen and oxygen atoms in total. The molecule has 2 aromatic rings. The van der Waals surface area contributed by atoms with Gasteiger partial charge in [-0.25, -0.2) is 0 Å². The van der Waals surface area contributed by atoms with E-state index < -0.39 is 0 Å². The van der Waals surface area contributed by atoms with Crippen molar-refractivity contribution in [3.8, 4) is 11.3 Å². The van der Waals surface area contributed by atoms with Crippen LogP contribution in [0.5, 0.6) is 0 Å². The summed E-state index contributed by atoms with van der Waals surface area (Å²) in [6, 6.07) is 12.6. The molecule has 0 aliphatic carbocycles. The van der Waals surface area contributed by atoms with Crippen LogP contribution in [0.15, 0.2) is 40.8 Å². The molecule has 0 radical (unpaired) electrons. The van der Waals surface area contributed by atoms with E-state index in [0.717, 1.165) is 29.9 Å². The molecule has 2 rings (SSSR count). The maximum absolute atomic E-state index is 5.77. The molecule has 1 heterocycles. The summed E-state index contributed by atoms with van der Waals surface area (Å²) in [5, 5.41) is 0. The fraction of sp³-hybridized carbons (Fsp3) is 0.333. The first-order chi connectivity index (χ1) is 8.19. The Morgan fingerprint density at radius 2 is 1.82 bits per heavy atom. The Kier molecular flexibility index (Phi) is 3.64. The molecule has 0 aliphatic heterocycles. The molecule has 1 unspecified atom stereocenters. The molecule has 0 saturated heterocycles. The van der Waals surface area contributed by atoms with E-state index in [0.29, 0.717) is 0 Å². The number of hydrogen-bond donors (Lipinski definition) is 1. The van der Waals surface area contributed by atoms with Gasteiger partial charge in [0.25, 0.3) is 0 Å². The molecule has 0 spiro atoms. The van der Waals surface area contributed by atoms with Crippen LogP contribution in [0.2, 0.25) is 0 Å². The lowest BCUT2D eigenvalue weighted by Gasteiger charge is -2.02. The molecule has 1 atom stereocenters. The molecule has 0 saturated carbocycles. The minimum atomic E-state index is 0.136. The van der Waals surface area contributed by atoms with Crippen molar-refractivity contribution < 1.29 is 4.42 Å². The number of hydrogen-bond acceptors (Lipinski definition) is 2. The third-order valence-electron chi connectivity index (χ3n) is 2.83. The first-order valence-corrected chi connectivity index (χ1v) is 6.12. The summed E-state index contributed by atoms with van der Waals surface area (Å²) in [7, 11) is 0. The monoisotopic (exact) mass is 229 g/mol. The highest BCUT2D eigenvalue weighted by Crippen LogP contribution is 2.23. The molecule has 1 aromatic carbocycles. The first-order valence-electron chi connectivity index (χ1n) is 6.12. The van der Waals surface area contributed by atoms with E-state index in [1.165, 1.54) is 5.56 Å². The molecule has 2 N–H and O–H groups in total. The van der Waals surface area contributed by atoms with Crippen molar-refractivity contribution in [3.05, 3.63) is 47.7 Å². The van der Waals surface area contributed by atoms with Crippen molar-refractivity contribution in [1.29, 1.82) is 0 Å². The van der Waals surface area contributed by atoms with Gasteiger partial charge in [-0.1, -0.05) is 31.2 Å². The van der Waals surface area contributed by atoms with Crippen molar-refractivity contribution in [3.63, 3.8) is 0 Å². The molecule has 90 valence electrons. The topological polar surface area (TPSA) is 39.2 Å². The molecular formula is C15H19NO. The SMILES string of the molecule is CCc1ccc(-c2ccc(CC(C)N)o2)cc1. The second kappa shape index (κ2) is 5.19. The third-order valence-corrected chi connectivity index (χ3v) is 2.83. The quantitative estimate of drug-likeness (QED) is 0.872. The van der Waals surface area contributed by atoms with E-state index in [1.807, 2.05) is 19.1 Å². The van der Waals surface area contributed by atoms with Gasteiger partial charge in [-0.2, -0.15) is 0 Å². The number of benzene rings is 1. The Morgan fingerprint density at radius 3 is 2.41 bits per heavy atom. The van der Waals surface area contributed by atoms with Crippen LogP contribution in [0.25, 0.3) is 11.3 Å². The van der Waals surface area contributed by atoms with Crippen LogP contribution in [0, 0.1) is 0 Å². The largest absolute Gasteiger partial charge is 0.461 e. The van der Waals surface area contributed by atoms with Crippen LogP contribution >= 0.6 is 0 Å². The Balaban J connectivity index is 2.18. The molecule has 2 heteroatoms. The second-order valence-electron chi connectivity index (χ2n) is 4.50. The standard InChI is InChI=1S/C15H19NO/c1-3-12-4-6-13(7-5-12)15-9-8-14(17-15)10-11(2)16/h4-9,11H,3,10,16H2,1-2H3. The molecule has 0 fully saturated rings. The number of furan rings is 1. The van der Waals surface area contributed by atoms with Crippen molar-refractivity contribution >= 4 is 0 Å². The van der Waals surface area contributed by atoms with Gasteiger partial charge in [-0.3, -0.25) is 0 Å². The van der Waals surface area contributed by atoms with Gasteiger partial charge >= 0.3 is 0 Å². The molecule has 0 aliphatic rings. The number of nitrogens with two attached hydrogens (primary N) is 1. The van der Waals surface area contributed by atoms with Gasteiger partial charge in [0.2, 0.25) is 0 Å². The summed E-state index contributed by atoms with van der Waals surface area (Å²) in [5.41, 5.74) is 8.22. The number of rotatable bonds is 4. The average Bonchev–Trinajstić information content (AvgIpc) is 2.77. The highest BCUT2D eigenvalue weighted by Gasteiger charge is 2.06. The predicted molar refractivity (Wildman–Crippen MR) is 70.9 cm³/mol. The van der Waals surface area contributed by atoms with E-state index in [1.54, 1.807) is 0 Å². The van der Waals surface area contributed by atoms with E-state index >= 15 is 0 Å². The third kappa shape index (κ3) is 2.98. The zero-order chi connectivity index (χ0) is 12.3. The van der Waals surface area contributed by atoms with Gasteiger partial charge in [-0.05, 0) is 31.0 Å². The smallest absolute Gasteiger partial charge is 0.134 e. The van der Waals surface area contributed by atoms with Gasteiger partial charge in [0.05, 0.1) is 0 Å². The summed E-state index contributed by atoms with van der Waals surface area (Å²) in [6.07, 6.45) is 1.85. The second-order valence-corrected chi connectivity index (χ2v) is 4.50.